The van der Waals surface area contributed by atoms with Crippen molar-refractivity contribution in [3.8, 4) is 0 Å². The summed E-state index contributed by atoms with van der Waals surface area (Å²) in [7, 11) is 0. The smallest absolute Gasteiger partial charge is 0.354 e. The van der Waals surface area contributed by atoms with Crippen LogP contribution < -0.4 is 5.32 Å². The number of aromatic nitrogens is 2. The number of rotatable bonds is 4. The number of hydrogen-bond acceptors (Lipinski definition) is 2. The van der Waals surface area contributed by atoms with Gasteiger partial charge in [-0.05, 0) is 87.4 Å². The molecule has 4 saturated carbocycles. The molecule has 4 nitrogen and oxygen atoms in total. The molecule has 1 aromatic rings. The molecule has 0 saturated heterocycles. The first-order valence-electron chi connectivity index (χ1n) is 10.7. The van der Waals surface area contributed by atoms with Crippen molar-refractivity contribution in [1.82, 2.24) is 15.1 Å². The molecule has 1 N–H and O–H groups in total. The lowest BCUT2D eigenvalue weighted by Crippen LogP contribution is -2.51. The highest BCUT2D eigenvalue weighted by Gasteiger charge is 2.50. The Kier molecular flexibility index (Phi) is 4.29. The summed E-state index contributed by atoms with van der Waals surface area (Å²) in [5.41, 5.74) is 0.331. The van der Waals surface area contributed by atoms with Gasteiger partial charge in [-0.25, -0.2) is 0 Å². The molecule has 28 heavy (non-hydrogen) atoms. The minimum atomic E-state index is -4.46. The first-order chi connectivity index (χ1) is 13.3. The van der Waals surface area contributed by atoms with E-state index in [2.05, 4.69) is 10.4 Å². The van der Waals surface area contributed by atoms with Crippen LogP contribution in [0.1, 0.15) is 68.3 Å². The van der Waals surface area contributed by atoms with Crippen molar-refractivity contribution in [2.45, 2.75) is 76.9 Å². The fourth-order valence-corrected chi connectivity index (χ4v) is 7.01. The molecule has 4 bridgehead atoms. The summed E-state index contributed by atoms with van der Waals surface area (Å²) in [6, 6.07) is 0. The van der Waals surface area contributed by atoms with Crippen molar-refractivity contribution in [1.29, 1.82) is 0 Å². The second-order valence-corrected chi connectivity index (χ2v) is 9.83. The van der Waals surface area contributed by atoms with Crippen LogP contribution in [0.15, 0.2) is 0 Å². The topological polar surface area (TPSA) is 46.9 Å². The molecule has 154 valence electrons. The van der Waals surface area contributed by atoms with E-state index in [1.807, 2.05) is 0 Å². The summed E-state index contributed by atoms with van der Waals surface area (Å²) >= 11 is 0. The first-order valence-corrected chi connectivity index (χ1v) is 10.7. The number of carbonyl (C=O) groups excluding carboxylic acids is 1. The number of alkyl halides is 3. The van der Waals surface area contributed by atoms with Crippen LogP contribution >= 0.6 is 0 Å². The zero-order valence-electron chi connectivity index (χ0n) is 16.2. The predicted octanol–water partition coefficient (Wildman–Crippen LogP) is 4.11. The zero-order valence-corrected chi connectivity index (χ0v) is 16.2. The van der Waals surface area contributed by atoms with Crippen LogP contribution in [-0.2, 0) is 30.4 Å². The quantitative estimate of drug-likeness (QED) is 0.834. The van der Waals surface area contributed by atoms with Gasteiger partial charge in [0.05, 0.1) is 0 Å². The van der Waals surface area contributed by atoms with E-state index < -0.39 is 11.9 Å². The lowest BCUT2D eigenvalue weighted by atomic mass is 9.49. The summed E-state index contributed by atoms with van der Waals surface area (Å²) in [5.74, 6) is 2.24. The van der Waals surface area contributed by atoms with Crippen LogP contribution in [0.5, 0.6) is 0 Å². The Morgan fingerprint density at radius 2 is 1.68 bits per heavy atom. The minimum Gasteiger partial charge on any atom is -0.354 e. The lowest BCUT2D eigenvalue weighted by molar-refractivity contribution is -0.142. The van der Waals surface area contributed by atoms with E-state index in [1.165, 1.54) is 43.2 Å². The molecule has 0 aliphatic heterocycles. The fourth-order valence-electron chi connectivity index (χ4n) is 7.01. The molecule has 0 unspecified atom stereocenters. The predicted molar refractivity (Wildman–Crippen MR) is 97.5 cm³/mol. The number of halogens is 3. The highest BCUT2D eigenvalue weighted by atomic mass is 19.4. The van der Waals surface area contributed by atoms with Crippen LogP contribution in [0.25, 0.3) is 0 Å². The summed E-state index contributed by atoms with van der Waals surface area (Å²) < 4.78 is 41.3. The van der Waals surface area contributed by atoms with Crippen molar-refractivity contribution < 1.29 is 18.0 Å². The molecule has 4 fully saturated rings. The Morgan fingerprint density at radius 1 is 1.07 bits per heavy atom. The average Bonchev–Trinajstić information content (AvgIpc) is 2.98. The molecule has 0 spiro atoms. The Morgan fingerprint density at radius 3 is 2.29 bits per heavy atom. The fraction of sp³-hybridized carbons (Fsp3) is 0.810. The SMILES string of the molecule is O=C(Cn1nc(C(F)(F)F)c2c1CCCC2)NCC12CC3CC(CC(C3)C1)C2. The van der Waals surface area contributed by atoms with Crippen LogP contribution in [0.4, 0.5) is 13.2 Å². The Bertz CT molecular complexity index is 747. The van der Waals surface area contributed by atoms with E-state index in [0.717, 1.165) is 30.6 Å². The minimum absolute atomic E-state index is 0.106. The third kappa shape index (κ3) is 3.24. The van der Waals surface area contributed by atoms with Gasteiger partial charge in [-0.2, -0.15) is 18.3 Å². The van der Waals surface area contributed by atoms with Gasteiger partial charge in [-0.1, -0.05) is 0 Å². The van der Waals surface area contributed by atoms with Crippen molar-refractivity contribution >= 4 is 5.91 Å². The number of nitrogens with one attached hydrogen (secondary N) is 1. The molecule has 7 heteroatoms. The molecule has 0 atom stereocenters. The van der Waals surface area contributed by atoms with E-state index in [-0.39, 0.29) is 17.9 Å². The molecule has 0 radical (unpaired) electrons. The molecule has 1 amide bonds. The van der Waals surface area contributed by atoms with E-state index >= 15 is 0 Å². The van der Waals surface area contributed by atoms with E-state index in [0.29, 0.717) is 30.6 Å². The maximum absolute atomic E-state index is 13.3. The zero-order chi connectivity index (χ0) is 19.5. The molecule has 1 aromatic heterocycles. The van der Waals surface area contributed by atoms with Crippen LogP contribution in [-0.4, -0.2) is 22.2 Å². The highest BCUT2D eigenvalue weighted by molar-refractivity contribution is 5.75. The van der Waals surface area contributed by atoms with Gasteiger partial charge >= 0.3 is 6.18 Å². The van der Waals surface area contributed by atoms with Crippen LogP contribution in [0.3, 0.4) is 0 Å². The molecule has 5 aliphatic carbocycles. The third-order valence-corrected chi connectivity index (χ3v) is 7.64. The molecular formula is C21H28F3N3O. The monoisotopic (exact) mass is 395 g/mol. The van der Waals surface area contributed by atoms with Gasteiger partial charge < -0.3 is 5.32 Å². The van der Waals surface area contributed by atoms with Crippen molar-refractivity contribution in [2.24, 2.45) is 23.2 Å². The van der Waals surface area contributed by atoms with E-state index in [1.54, 1.807) is 0 Å². The normalized spacial score (nSPS) is 33.8. The summed E-state index contributed by atoms with van der Waals surface area (Å²) in [6.45, 7) is 0.565. The number of amides is 1. The Hall–Kier alpha value is -1.53. The summed E-state index contributed by atoms with van der Waals surface area (Å²) in [6.07, 6.45) is 5.79. The van der Waals surface area contributed by atoms with Gasteiger partial charge in [0, 0.05) is 17.8 Å². The first kappa shape index (κ1) is 18.5. The third-order valence-electron chi connectivity index (χ3n) is 7.64. The molecule has 5 aliphatic rings. The second-order valence-electron chi connectivity index (χ2n) is 9.83. The highest BCUT2D eigenvalue weighted by Crippen LogP contribution is 2.59. The standard InChI is InChI=1S/C21H28F3N3O/c22-21(23,24)19-16-3-1-2-4-17(16)27(26-19)11-18(28)25-12-20-8-13-5-14(9-20)7-15(6-13)10-20/h13-15H,1-12H2,(H,25,28). The van der Waals surface area contributed by atoms with Crippen molar-refractivity contribution in [2.75, 3.05) is 6.54 Å². The summed E-state index contributed by atoms with van der Waals surface area (Å²) in [4.78, 5) is 12.6. The number of fused-ring (bicyclic) bond motifs is 1. The molecular weight excluding hydrogens is 367 g/mol. The van der Waals surface area contributed by atoms with Gasteiger partial charge in [-0.3, -0.25) is 9.48 Å². The van der Waals surface area contributed by atoms with Gasteiger partial charge in [-0.15, -0.1) is 0 Å². The van der Waals surface area contributed by atoms with Gasteiger partial charge in [0.1, 0.15) is 6.54 Å². The maximum Gasteiger partial charge on any atom is 0.435 e. The molecule has 0 aromatic carbocycles. The van der Waals surface area contributed by atoms with Gasteiger partial charge in [0.2, 0.25) is 5.91 Å². The number of hydrogen-bond donors (Lipinski definition) is 1. The largest absolute Gasteiger partial charge is 0.435 e. The van der Waals surface area contributed by atoms with Crippen LogP contribution in [0, 0.1) is 23.2 Å². The number of carbonyl (C=O) groups is 1. The van der Waals surface area contributed by atoms with Crippen LogP contribution in [0.2, 0.25) is 0 Å². The van der Waals surface area contributed by atoms with Gasteiger partial charge in [0.15, 0.2) is 5.69 Å². The lowest BCUT2D eigenvalue weighted by Gasteiger charge is -2.56. The Balaban J connectivity index is 1.27. The van der Waals surface area contributed by atoms with E-state index in [4.69, 9.17) is 0 Å². The average molecular weight is 395 g/mol. The summed E-state index contributed by atoms with van der Waals surface area (Å²) in [5, 5.41) is 6.87. The molecule has 1 heterocycles. The number of nitrogens with zero attached hydrogens (tertiary/aromatic N) is 2. The second kappa shape index (κ2) is 6.49. The maximum atomic E-state index is 13.3. The Labute approximate surface area is 163 Å². The van der Waals surface area contributed by atoms with E-state index in [9.17, 15) is 18.0 Å². The van der Waals surface area contributed by atoms with Gasteiger partial charge in [0.25, 0.3) is 0 Å². The van der Waals surface area contributed by atoms with Crippen molar-refractivity contribution in [3.05, 3.63) is 17.0 Å². The van der Waals surface area contributed by atoms with Crippen molar-refractivity contribution in [3.63, 3.8) is 0 Å². The molecule has 6 rings (SSSR count).